The number of rotatable bonds is 8. The third-order valence-electron chi connectivity index (χ3n) is 13.3. The first-order valence-corrected chi connectivity index (χ1v) is 17.4. The zero-order valence-electron chi connectivity index (χ0n) is 26.5. The van der Waals surface area contributed by atoms with E-state index in [0.717, 1.165) is 51.7 Å². The van der Waals surface area contributed by atoms with Crippen LogP contribution in [0.25, 0.3) is 0 Å². The molecule has 12 atom stereocenters. The van der Waals surface area contributed by atoms with Gasteiger partial charge in [0.05, 0.1) is 19.3 Å². The van der Waals surface area contributed by atoms with Crippen molar-refractivity contribution in [2.45, 2.75) is 148 Å². The molecule has 0 radical (unpaired) electrons. The van der Waals surface area contributed by atoms with E-state index in [1.165, 1.54) is 64.9 Å². The molecule has 0 spiro atoms. The van der Waals surface area contributed by atoms with E-state index in [1.54, 1.807) is 0 Å². The largest absolute Gasteiger partial charge is 0.469 e. The van der Waals surface area contributed by atoms with E-state index in [2.05, 4.69) is 20.8 Å². The average Bonchev–Trinajstić information content (AvgIpc) is 3.34. The molecule has 6 fully saturated rings. The Morgan fingerprint density at radius 2 is 1.51 bits per heavy atom. The van der Waals surface area contributed by atoms with Gasteiger partial charge in [-0.05, 0) is 143 Å². The summed E-state index contributed by atoms with van der Waals surface area (Å²) in [6.07, 6.45) is 18.9. The number of esters is 1. The van der Waals surface area contributed by atoms with Crippen molar-refractivity contribution in [2.75, 3.05) is 20.3 Å². The predicted octanol–water partition coefficient (Wildman–Crippen LogP) is 7.67. The van der Waals surface area contributed by atoms with Crippen LogP contribution in [0.1, 0.15) is 124 Å². The minimum atomic E-state index is -0.0675. The molecule has 4 saturated carbocycles. The molecule has 0 N–H and O–H groups in total. The van der Waals surface area contributed by atoms with Crippen molar-refractivity contribution >= 4 is 5.97 Å². The third-order valence-corrected chi connectivity index (χ3v) is 13.3. The van der Waals surface area contributed by atoms with Crippen molar-refractivity contribution in [3.8, 4) is 0 Å². The Labute approximate surface area is 249 Å². The van der Waals surface area contributed by atoms with Gasteiger partial charge in [-0.3, -0.25) is 4.79 Å². The van der Waals surface area contributed by atoms with Crippen molar-refractivity contribution in [2.24, 2.45) is 46.3 Å². The van der Waals surface area contributed by atoms with Gasteiger partial charge in [0.2, 0.25) is 0 Å². The van der Waals surface area contributed by atoms with Gasteiger partial charge in [0.25, 0.3) is 0 Å². The van der Waals surface area contributed by atoms with Crippen molar-refractivity contribution in [3.63, 3.8) is 0 Å². The molecule has 2 saturated heterocycles. The summed E-state index contributed by atoms with van der Waals surface area (Å²) < 4.78 is 30.8. The Kier molecular flexibility index (Phi) is 9.42. The fraction of sp³-hybridized carbons (Fsp3) is 0.971. The molecule has 12 unspecified atom stereocenters. The Hall–Kier alpha value is -0.690. The van der Waals surface area contributed by atoms with E-state index in [1.807, 2.05) is 0 Å². The Bertz CT molecular complexity index is 882. The average molecular weight is 575 g/mol. The fourth-order valence-corrected chi connectivity index (χ4v) is 11.1. The molecular weight excluding hydrogens is 516 g/mol. The van der Waals surface area contributed by atoms with Crippen LogP contribution in [0, 0.1) is 46.3 Å². The molecule has 0 aromatic rings. The maximum absolute atomic E-state index is 12.0. The molecule has 0 aromatic carbocycles. The van der Waals surface area contributed by atoms with Gasteiger partial charge in [-0.15, -0.1) is 0 Å². The number of fused-ring (bicyclic) bond motifs is 5. The first kappa shape index (κ1) is 30.3. The third kappa shape index (κ3) is 6.02. The van der Waals surface area contributed by atoms with E-state index in [0.29, 0.717) is 58.9 Å². The normalized spacial score (nSPS) is 47.1. The lowest BCUT2D eigenvalue weighted by molar-refractivity contribution is -0.258. The van der Waals surface area contributed by atoms with Gasteiger partial charge in [-0.2, -0.15) is 0 Å². The van der Waals surface area contributed by atoms with Gasteiger partial charge < -0.3 is 23.7 Å². The summed E-state index contributed by atoms with van der Waals surface area (Å²) in [5.74, 6) is 3.81. The molecule has 6 aliphatic rings. The number of carbonyl (C=O) groups is 1. The molecule has 41 heavy (non-hydrogen) atoms. The maximum Gasteiger partial charge on any atom is 0.305 e. The van der Waals surface area contributed by atoms with E-state index in [4.69, 9.17) is 23.7 Å². The lowest BCUT2D eigenvalue weighted by Gasteiger charge is -2.63. The summed E-state index contributed by atoms with van der Waals surface area (Å²) in [5, 5.41) is 0. The molecule has 0 bridgehead atoms. The Morgan fingerprint density at radius 3 is 2.20 bits per heavy atom. The molecule has 4 aliphatic carbocycles. The molecule has 2 heterocycles. The predicted molar refractivity (Wildman–Crippen MR) is 158 cm³/mol. The van der Waals surface area contributed by atoms with Crippen LogP contribution in [0.5, 0.6) is 0 Å². The molecule has 0 aromatic heterocycles. The second-order valence-corrected chi connectivity index (χ2v) is 15.3. The topological polar surface area (TPSA) is 63.2 Å². The van der Waals surface area contributed by atoms with E-state index < -0.39 is 0 Å². The number of ether oxygens (including phenoxy) is 5. The second kappa shape index (κ2) is 12.7. The highest BCUT2D eigenvalue weighted by molar-refractivity contribution is 5.69. The minimum absolute atomic E-state index is 0.00381. The second-order valence-electron chi connectivity index (χ2n) is 15.3. The summed E-state index contributed by atoms with van der Waals surface area (Å²) in [5.41, 5.74) is 0.689. The zero-order valence-corrected chi connectivity index (χ0v) is 26.5. The van der Waals surface area contributed by atoms with Crippen molar-refractivity contribution in [1.82, 2.24) is 0 Å². The van der Waals surface area contributed by atoms with Crippen LogP contribution in [0.3, 0.4) is 0 Å². The van der Waals surface area contributed by atoms with Crippen molar-refractivity contribution in [1.29, 1.82) is 0 Å². The van der Waals surface area contributed by atoms with Gasteiger partial charge in [0.15, 0.2) is 12.6 Å². The number of carbonyl (C=O) groups excluding carboxylic acids is 1. The smallest absolute Gasteiger partial charge is 0.305 e. The van der Waals surface area contributed by atoms with Crippen LogP contribution in [0.15, 0.2) is 0 Å². The molecule has 2 aliphatic heterocycles. The lowest BCUT2D eigenvalue weighted by Crippen LogP contribution is -2.60. The summed E-state index contributed by atoms with van der Waals surface area (Å²) >= 11 is 0. The van der Waals surface area contributed by atoms with Gasteiger partial charge in [-0.1, -0.05) is 20.8 Å². The maximum atomic E-state index is 12.0. The Balaban J connectivity index is 1.21. The van der Waals surface area contributed by atoms with Crippen LogP contribution in [-0.2, 0) is 28.5 Å². The van der Waals surface area contributed by atoms with Crippen LogP contribution in [0.2, 0.25) is 0 Å². The molecule has 234 valence electrons. The highest BCUT2D eigenvalue weighted by atomic mass is 16.7. The molecular formula is C35H58O6. The number of hydrogen-bond donors (Lipinski definition) is 0. The standard InChI is InChI=1S/C35H58O6/c1-23(11-14-30(36)37-4)26-12-13-27-33-28(16-18-35(26,27)3)34(2)17-15-25(40-31-9-5-7-19-38-31)21-24(34)22-29(33)41-32-10-6-8-20-39-32/h23-29,31-33H,5-22H2,1-4H3. The monoisotopic (exact) mass is 574 g/mol. The summed E-state index contributed by atoms with van der Waals surface area (Å²) in [4.78, 5) is 12.0. The van der Waals surface area contributed by atoms with Crippen LogP contribution in [0.4, 0.5) is 0 Å². The van der Waals surface area contributed by atoms with E-state index in [9.17, 15) is 4.79 Å². The first-order chi connectivity index (χ1) is 19.8. The highest BCUT2D eigenvalue weighted by Crippen LogP contribution is 2.69. The van der Waals surface area contributed by atoms with Gasteiger partial charge in [0.1, 0.15) is 0 Å². The van der Waals surface area contributed by atoms with Crippen LogP contribution < -0.4 is 0 Å². The van der Waals surface area contributed by atoms with Gasteiger partial charge in [-0.25, -0.2) is 0 Å². The minimum Gasteiger partial charge on any atom is -0.469 e. The van der Waals surface area contributed by atoms with E-state index in [-0.39, 0.29) is 24.7 Å². The SMILES string of the molecule is COC(=O)CCC(C)C1CCC2C3C(OC4CCCCO4)CC4CC(OC5CCCCO5)CCC4(C)C3CCC12C. The highest BCUT2D eigenvalue weighted by Gasteiger charge is 2.63. The number of methoxy groups -OCH3 is 1. The molecule has 0 amide bonds. The Morgan fingerprint density at radius 1 is 0.829 bits per heavy atom. The van der Waals surface area contributed by atoms with Gasteiger partial charge in [0, 0.05) is 19.6 Å². The first-order valence-electron chi connectivity index (χ1n) is 17.4. The van der Waals surface area contributed by atoms with E-state index >= 15 is 0 Å². The summed E-state index contributed by atoms with van der Waals surface area (Å²) in [7, 11) is 1.51. The quantitative estimate of drug-likeness (QED) is 0.219. The van der Waals surface area contributed by atoms with Crippen molar-refractivity contribution < 1.29 is 28.5 Å². The molecule has 6 nitrogen and oxygen atoms in total. The van der Waals surface area contributed by atoms with Crippen LogP contribution in [-0.4, -0.2) is 51.1 Å². The van der Waals surface area contributed by atoms with Crippen molar-refractivity contribution in [3.05, 3.63) is 0 Å². The summed E-state index contributed by atoms with van der Waals surface area (Å²) in [6.45, 7) is 9.33. The molecule has 6 heteroatoms. The zero-order chi connectivity index (χ0) is 28.6. The fourth-order valence-electron chi connectivity index (χ4n) is 11.1. The lowest BCUT2D eigenvalue weighted by atomic mass is 9.43. The summed E-state index contributed by atoms with van der Waals surface area (Å²) in [6, 6.07) is 0. The van der Waals surface area contributed by atoms with Crippen LogP contribution >= 0.6 is 0 Å². The number of hydrogen-bond acceptors (Lipinski definition) is 6. The van der Waals surface area contributed by atoms with Gasteiger partial charge >= 0.3 is 5.97 Å². The molecule has 6 rings (SSSR count).